The molecule has 0 fully saturated rings. The smallest absolute Gasteiger partial charge is 0.115 e. The van der Waals surface area contributed by atoms with Gasteiger partial charge in [-0.15, -0.1) is 0 Å². The maximum atomic E-state index is 8.63. The first-order chi connectivity index (χ1) is 18.8. The highest BCUT2D eigenvalue weighted by molar-refractivity contribution is 5.83. The molecule has 0 radical (unpaired) electrons. The summed E-state index contributed by atoms with van der Waals surface area (Å²) in [6.07, 6.45) is 0. The van der Waals surface area contributed by atoms with Crippen molar-refractivity contribution in [2.24, 2.45) is 0 Å². The summed E-state index contributed by atoms with van der Waals surface area (Å²) < 4.78 is 0. The Kier molecular flexibility index (Phi) is 10.9. The monoisotopic (exact) mass is 512 g/mol. The zero-order valence-electron chi connectivity index (χ0n) is 22.7. The molecule has 2 heteroatoms. The van der Waals surface area contributed by atoms with Gasteiger partial charge in [0.1, 0.15) is 11.5 Å². The molecule has 0 amide bonds. The van der Waals surface area contributed by atoms with Crippen molar-refractivity contribution in [2.75, 3.05) is 0 Å². The molecule has 39 heavy (non-hydrogen) atoms. The first-order valence-corrected chi connectivity index (χ1v) is 13.0. The van der Waals surface area contributed by atoms with Crippen LogP contribution in [0.3, 0.4) is 0 Å². The van der Waals surface area contributed by atoms with Crippen LogP contribution in [0.15, 0.2) is 153 Å². The van der Waals surface area contributed by atoms with E-state index in [1.54, 1.807) is 48.5 Å². The second kappa shape index (κ2) is 14.8. The maximum Gasteiger partial charge on any atom is 0.115 e. The van der Waals surface area contributed by atoms with Gasteiger partial charge < -0.3 is 10.2 Å². The number of hydrogen-bond donors (Lipinski definition) is 2. The fourth-order valence-electron chi connectivity index (χ4n) is 3.81. The van der Waals surface area contributed by atoms with E-state index in [1.165, 1.54) is 11.1 Å². The van der Waals surface area contributed by atoms with E-state index in [0.717, 1.165) is 27.8 Å². The Hall–Kier alpha value is -4.82. The minimum Gasteiger partial charge on any atom is -0.508 e. The molecule has 5 aromatic rings. The zero-order valence-corrected chi connectivity index (χ0v) is 22.7. The first-order valence-electron chi connectivity index (χ1n) is 13.0. The quantitative estimate of drug-likeness (QED) is 0.246. The summed E-state index contributed by atoms with van der Waals surface area (Å²) in [6.45, 7) is 13.0. The standard InChI is InChI=1S/C25H24.2C6H6O/c1-18(2)22-12-8-13-23(16-22)20(4)25-15-9-14-24(17-25)19(3)21-10-6-5-7-11-21;2*7-6-4-2-1-3-5-6/h5-18H,3-4H2,1-2H3;2*1-5,7H. The Morgan fingerprint density at radius 2 is 0.821 bits per heavy atom. The summed E-state index contributed by atoms with van der Waals surface area (Å²) >= 11 is 0. The molecule has 0 spiro atoms. The lowest BCUT2D eigenvalue weighted by molar-refractivity contribution is 0.475. The molecule has 0 aromatic heterocycles. The average Bonchev–Trinajstić information content (AvgIpc) is 2.98. The van der Waals surface area contributed by atoms with Crippen LogP contribution in [0.5, 0.6) is 11.5 Å². The van der Waals surface area contributed by atoms with Crippen molar-refractivity contribution in [3.63, 3.8) is 0 Å². The molecule has 2 nitrogen and oxygen atoms in total. The summed E-state index contributed by atoms with van der Waals surface area (Å²) in [7, 11) is 0. The number of aromatic hydroxyl groups is 2. The molecule has 196 valence electrons. The number of benzene rings is 5. The topological polar surface area (TPSA) is 40.5 Å². The van der Waals surface area contributed by atoms with E-state index in [1.807, 2.05) is 30.3 Å². The predicted octanol–water partition coefficient (Wildman–Crippen LogP) is 9.72. The Balaban J connectivity index is 0.000000243. The van der Waals surface area contributed by atoms with Crippen molar-refractivity contribution in [2.45, 2.75) is 19.8 Å². The van der Waals surface area contributed by atoms with Gasteiger partial charge in [-0.05, 0) is 75.2 Å². The molecule has 0 saturated carbocycles. The summed E-state index contributed by atoms with van der Waals surface area (Å²) in [4.78, 5) is 0. The molecular weight excluding hydrogens is 476 g/mol. The van der Waals surface area contributed by atoms with Crippen molar-refractivity contribution < 1.29 is 10.2 Å². The van der Waals surface area contributed by atoms with Crippen LogP contribution in [-0.2, 0) is 0 Å². The third kappa shape index (κ3) is 9.21. The van der Waals surface area contributed by atoms with Gasteiger partial charge in [-0.2, -0.15) is 0 Å². The van der Waals surface area contributed by atoms with Gasteiger partial charge in [0.2, 0.25) is 0 Å². The molecule has 0 unspecified atom stereocenters. The lowest BCUT2D eigenvalue weighted by atomic mass is 9.92. The van der Waals surface area contributed by atoms with E-state index < -0.39 is 0 Å². The van der Waals surface area contributed by atoms with Gasteiger partial charge in [0.05, 0.1) is 0 Å². The van der Waals surface area contributed by atoms with Crippen LogP contribution in [0.2, 0.25) is 0 Å². The van der Waals surface area contributed by atoms with Crippen LogP contribution in [0.4, 0.5) is 0 Å². The van der Waals surface area contributed by atoms with Crippen LogP contribution in [0, 0.1) is 0 Å². The maximum absolute atomic E-state index is 8.63. The molecule has 5 aromatic carbocycles. The first kappa shape index (κ1) is 28.7. The highest BCUT2D eigenvalue weighted by atomic mass is 16.3. The molecule has 0 atom stereocenters. The zero-order chi connectivity index (χ0) is 28.0. The van der Waals surface area contributed by atoms with E-state index >= 15 is 0 Å². The molecular formula is C37H36O2. The van der Waals surface area contributed by atoms with Crippen molar-refractivity contribution in [1.82, 2.24) is 0 Å². The van der Waals surface area contributed by atoms with E-state index in [4.69, 9.17) is 10.2 Å². The Morgan fingerprint density at radius 1 is 0.462 bits per heavy atom. The number of hydrogen-bond acceptors (Lipinski definition) is 2. The van der Waals surface area contributed by atoms with Crippen molar-refractivity contribution in [1.29, 1.82) is 0 Å². The van der Waals surface area contributed by atoms with Crippen LogP contribution in [0.25, 0.3) is 11.1 Å². The highest BCUT2D eigenvalue weighted by Crippen LogP contribution is 2.28. The van der Waals surface area contributed by atoms with Crippen LogP contribution in [-0.4, -0.2) is 10.2 Å². The summed E-state index contributed by atoms with van der Waals surface area (Å²) in [5.41, 5.74) is 8.00. The fraction of sp³-hybridized carbons (Fsp3) is 0.0811. The molecule has 0 aliphatic rings. The molecule has 5 rings (SSSR count). The Bertz CT molecular complexity index is 1420. The molecule has 2 N–H and O–H groups in total. The predicted molar refractivity (Wildman–Crippen MR) is 166 cm³/mol. The van der Waals surface area contributed by atoms with Crippen molar-refractivity contribution in [3.05, 3.63) is 181 Å². The number of phenolic OH excluding ortho intramolecular Hbond substituents is 2. The lowest BCUT2D eigenvalue weighted by Crippen LogP contribution is -1.93. The molecule has 0 aliphatic carbocycles. The second-order valence-electron chi connectivity index (χ2n) is 9.36. The average molecular weight is 513 g/mol. The summed E-state index contributed by atoms with van der Waals surface area (Å²) in [5.74, 6) is 1.15. The molecule has 0 saturated heterocycles. The summed E-state index contributed by atoms with van der Waals surface area (Å²) in [6, 6.07) is 44.9. The van der Waals surface area contributed by atoms with Gasteiger partial charge in [0.15, 0.2) is 0 Å². The van der Waals surface area contributed by atoms with Gasteiger partial charge >= 0.3 is 0 Å². The molecule has 0 heterocycles. The van der Waals surface area contributed by atoms with E-state index in [-0.39, 0.29) is 0 Å². The number of phenols is 2. The van der Waals surface area contributed by atoms with Gasteiger partial charge in [-0.25, -0.2) is 0 Å². The van der Waals surface area contributed by atoms with Crippen LogP contribution < -0.4 is 0 Å². The highest BCUT2D eigenvalue weighted by Gasteiger charge is 2.08. The minimum atomic E-state index is 0.322. The van der Waals surface area contributed by atoms with Gasteiger partial charge in [0.25, 0.3) is 0 Å². The number of rotatable bonds is 5. The number of para-hydroxylation sites is 2. The lowest BCUT2D eigenvalue weighted by Gasteiger charge is -2.13. The summed E-state index contributed by atoms with van der Waals surface area (Å²) in [5, 5.41) is 17.3. The van der Waals surface area contributed by atoms with E-state index in [9.17, 15) is 0 Å². The van der Waals surface area contributed by atoms with Crippen molar-refractivity contribution in [3.8, 4) is 11.5 Å². The fourth-order valence-corrected chi connectivity index (χ4v) is 3.81. The van der Waals surface area contributed by atoms with E-state index in [0.29, 0.717) is 17.4 Å². The SMILES string of the molecule is C=C(c1ccccc1)c1cccc(C(=C)c2cccc(C(C)C)c2)c1.Oc1ccccc1.Oc1ccccc1. The second-order valence-corrected chi connectivity index (χ2v) is 9.36. The van der Waals surface area contributed by atoms with Crippen LogP contribution >= 0.6 is 0 Å². The van der Waals surface area contributed by atoms with Crippen molar-refractivity contribution >= 4 is 11.1 Å². The van der Waals surface area contributed by atoms with Gasteiger partial charge in [-0.3, -0.25) is 0 Å². The largest absolute Gasteiger partial charge is 0.508 e. The molecule has 0 bridgehead atoms. The third-order valence-electron chi connectivity index (χ3n) is 6.10. The minimum absolute atomic E-state index is 0.322. The normalized spacial score (nSPS) is 9.92. The Morgan fingerprint density at radius 3 is 1.23 bits per heavy atom. The van der Waals surface area contributed by atoms with Crippen LogP contribution in [0.1, 0.15) is 47.6 Å². The van der Waals surface area contributed by atoms with Gasteiger partial charge in [0, 0.05) is 0 Å². The van der Waals surface area contributed by atoms with Gasteiger partial charge in [-0.1, -0.05) is 136 Å². The van der Waals surface area contributed by atoms with E-state index in [2.05, 4.69) is 87.7 Å². The molecule has 0 aliphatic heterocycles. The third-order valence-corrected chi connectivity index (χ3v) is 6.10. The Labute approximate surface area is 232 Å².